The Morgan fingerprint density at radius 1 is 1.43 bits per heavy atom. The summed E-state index contributed by atoms with van der Waals surface area (Å²) in [7, 11) is 0. The lowest BCUT2D eigenvalue weighted by molar-refractivity contribution is -0.384. The summed E-state index contributed by atoms with van der Waals surface area (Å²) in [5, 5.41) is 10.9. The number of benzene rings is 1. The van der Waals surface area contributed by atoms with Crippen LogP contribution >= 0.6 is 11.6 Å². The zero-order chi connectivity index (χ0) is 16.0. The first-order valence-electron chi connectivity index (χ1n) is 6.75. The minimum atomic E-state index is -0.519. The van der Waals surface area contributed by atoms with E-state index < -0.39 is 4.92 Å². The number of anilines is 1. The first-order chi connectivity index (χ1) is 9.90. The number of hydrogen-bond acceptors (Lipinski definition) is 5. The SMILES string of the molecule is CCCN(CC(=O)OCC)c1cc(Cl)c([N+](=O)[O-])cc1C. The lowest BCUT2D eigenvalue weighted by Gasteiger charge is -2.25. The maximum atomic E-state index is 11.7. The van der Waals surface area contributed by atoms with Gasteiger partial charge in [0.25, 0.3) is 5.69 Å². The molecule has 0 N–H and O–H groups in total. The van der Waals surface area contributed by atoms with Gasteiger partial charge in [-0.2, -0.15) is 0 Å². The van der Waals surface area contributed by atoms with Gasteiger partial charge in [-0.3, -0.25) is 14.9 Å². The normalized spacial score (nSPS) is 10.3. The van der Waals surface area contributed by atoms with E-state index in [9.17, 15) is 14.9 Å². The Labute approximate surface area is 128 Å². The van der Waals surface area contributed by atoms with Crippen molar-refractivity contribution in [1.82, 2.24) is 0 Å². The smallest absolute Gasteiger partial charge is 0.325 e. The van der Waals surface area contributed by atoms with Crippen molar-refractivity contribution >= 4 is 28.9 Å². The Kier molecular flexibility index (Phi) is 6.42. The van der Waals surface area contributed by atoms with E-state index in [0.717, 1.165) is 6.42 Å². The predicted octanol–water partition coefficient (Wildman–Crippen LogP) is 3.34. The fourth-order valence-electron chi connectivity index (χ4n) is 2.05. The molecule has 116 valence electrons. The van der Waals surface area contributed by atoms with Crippen LogP contribution in [-0.4, -0.2) is 30.6 Å². The van der Waals surface area contributed by atoms with Gasteiger partial charge < -0.3 is 9.64 Å². The van der Waals surface area contributed by atoms with E-state index >= 15 is 0 Å². The molecule has 0 aromatic heterocycles. The molecule has 0 spiro atoms. The van der Waals surface area contributed by atoms with E-state index in [1.54, 1.807) is 13.8 Å². The van der Waals surface area contributed by atoms with Gasteiger partial charge in [-0.1, -0.05) is 18.5 Å². The van der Waals surface area contributed by atoms with E-state index in [4.69, 9.17) is 16.3 Å². The van der Waals surface area contributed by atoms with Crippen LogP contribution in [0.1, 0.15) is 25.8 Å². The summed E-state index contributed by atoms with van der Waals surface area (Å²) in [6.07, 6.45) is 0.827. The summed E-state index contributed by atoms with van der Waals surface area (Å²) in [5.41, 5.74) is 1.27. The molecule has 1 rings (SSSR count). The van der Waals surface area contributed by atoms with Crippen molar-refractivity contribution in [3.63, 3.8) is 0 Å². The minimum Gasteiger partial charge on any atom is -0.465 e. The highest BCUT2D eigenvalue weighted by Gasteiger charge is 2.19. The number of aryl methyl sites for hydroxylation is 1. The van der Waals surface area contributed by atoms with Crippen molar-refractivity contribution in [2.45, 2.75) is 27.2 Å². The number of hydrogen-bond donors (Lipinski definition) is 0. The minimum absolute atomic E-state index is 0.0607. The average Bonchev–Trinajstić information content (AvgIpc) is 2.40. The Bertz CT molecular complexity index is 534. The fourth-order valence-corrected chi connectivity index (χ4v) is 2.28. The van der Waals surface area contributed by atoms with Crippen LogP contribution in [0.4, 0.5) is 11.4 Å². The monoisotopic (exact) mass is 314 g/mol. The van der Waals surface area contributed by atoms with Crippen molar-refractivity contribution in [3.8, 4) is 0 Å². The molecule has 0 amide bonds. The largest absolute Gasteiger partial charge is 0.465 e. The first-order valence-corrected chi connectivity index (χ1v) is 7.13. The third-order valence-electron chi connectivity index (χ3n) is 2.92. The van der Waals surface area contributed by atoms with Gasteiger partial charge in [0.05, 0.1) is 11.5 Å². The van der Waals surface area contributed by atoms with Crippen LogP contribution in [-0.2, 0) is 9.53 Å². The van der Waals surface area contributed by atoms with E-state index in [0.29, 0.717) is 24.4 Å². The van der Waals surface area contributed by atoms with Gasteiger partial charge in [-0.15, -0.1) is 0 Å². The highest BCUT2D eigenvalue weighted by molar-refractivity contribution is 6.33. The molecular weight excluding hydrogens is 296 g/mol. The Balaban J connectivity index is 3.10. The molecule has 1 aromatic rings. The van der Waals surface area contributed by atoms with E-state index in [1.807, 2.05) is 11.8 Å². The third-order valence-corrected chi connectivity index (χ3v) is 3.22. The Hall–Kier alpha value is -1.82. The third kappa shape index (κ3) is 4.60. The Morgan fingerprint density at radius 2 is 2.10 bits per heavy atom. The molecule has 0 heterocycles. The van der Waals surface area contributed by atoms with Crippen LogP contribution < -0.4 is 4.90 Å². The van der Waals surface area contributed by atoms with Crippen LogP contribution in [0.5, 0.6) is 0 Å². The van der Waals surface area contributed by atoms with Crippen molar-refractivity contribution < 1.29 is 14.5 Å². The van der Waals surface area contributed by atoms with E-state index in [1.165, 1.54) is 12.1 Å². The van der Waals surface area contributed by atoms with Crippen molar-refractivity contribution in [3.05, 3.63) is 32.8 Å². The summed E-state index contributed by atoms with van der Waals surface area (Å²) >= 11 is 5.95. The topological polar surface area (TPSA) is 72.7 Å². The van der Waals surface area contributed by atoms with Crippen LogP contribution in [0.15, 0.2) is 12.1 Å². The highest BCUT2D eigenvalue weighted by atomic mass is 35.5. The molecule has 0 saturated heterocycles. The number of esters is 1. The second kappa shape index (κ2) is 7.83. The van der Waals surface area contributed by atoms with Crippen LogP contribution in [0.2, 0.25) is 5.02 Å². The molecule has 0 fully saturated rings. The second-order valence-electron chi connectivity index (χ2n) is 4.57. The lowest BCUT2D eigenvalue weighted by atomic mass is 10.1. The molecule has 0 saturated carbocycles. The maximum absolute atomic E-state index is 11.7. The van der Waals surface area contributed by atoms with Gasteiger partial charge in [0, 0.05) is 18.3 Å². The van der Waals surface area contributed by atoms with Gasteiger partial charge in [-0.25, -0.2) is 0 Å². The molecule has 0 aliphatic carbocycles. The molecule has 0 radical (unpaired) electrons. The molecule has 0 aliphatic heterocycles. The quantitative estimate of drug-likeness (QED) is 0.438. The number of nitro groups is 1. The summed E-state index contributed by atoms with van der Waals surface area (Å²) in [6, 6.07) is 2.95. The molecule has 7 heteroatoms. The number of nitro benzene ring substituents is 1. The molecular formula is C14H19ClN2O4. The zero-order valence-corrected chi connectivity index (χ0v) is 13.1. The van der Waals surface area contributed by atoms with E-state index in [-0.39, 0.29) is 23.2 Å². The maximum Gasteiger partial charge on any atom is 0.325 e. The fraction of sp³-hybridized carbons (Fsp3) is 0.500. The zero-order valence-electron chi connectivity index (χ0n) is 12.4. The van der Waals surface area contributed by atoms with Crippen LogP contribution in [0.25, 0.3) is 0 Å². The Morgan fingerprint density at radius 3 is 2.62 bits per heavy atom. The van der Waals surface area contributed by atoms with Crippen LogP contribution in [0, 0.1) is 17.0 Å². The summed E-state index contributed by atoms with van der Waals surface area (Å²) < 4.78 is 4.95. The summed E-state index contributed by atoms with van der Waals surface area (Å²) in [6.45, 7) is 6.53. The summed E-state index contributed by atoms with van der Waals surface area (Å²) in [4.78, 5) is 23.8. The van der Waals surface area contributed by atoms with E-state index in [2.05, 4.69) is 0 Å². The lowest BCUT2D eigenvalue weighted by Crippen LogP contribution is -2.32. The van der Waals surface area contributed by atoms with Crippen molar-refractivity contribution in [2.24, 2.45) is 0 Å². The summed E-state index contributed by atoms with van der Waals surface area (Å²) in [5.74, 6) is -0.333. The van der Waals surface area contributed by atoms with Gasteiger partial charge >= 0.3 is 5.97 Å². The standard InChI is InChI=1S/C14H19ClN2O4/c1-4-6-16(9-14(18)21-5-2)12-8-11(15)13(17(19)20)7-10(12)3/h7-8H,4-6,9H2,1-3H3. The molecule has 0 unspecified atom stereocenters. The van der Waals surface area contributed by atoms with Gasteiger partial charge in [-0.05, 0) is 31.9 Å². The van der Waals surface area contributed by atoms with Gasteiger partial charge in [0.1, 0.15) is 11.6 Å². The molecule has 0 aliphatic rings. The molecule has 1 aromatic carbocycles. The number of ether oxygens (including phenoxy) is 1. The van der Waals surface area contributed by atoms with Crippen LogP contribution in [0.3, 0.4) is 0 Å². The number of carbonyl (C=O) groups is 1. The highest BCUT2D eigenvalue weighted by Crippen LogP contribution is 2.32. The van der Waals surface area contributed by atoms with Crippen molar-refractivity contribution in [1.29, 1.82) is 0 Å². The number of nitrogens with zero attached hydrogens (tertiary/aromatic N) is 2. The average molecular weight is 315 g/mol. The molecule has 21 heavy (non-hydrogen) atoms. The number of rotatable bonds is 7. The first kappa shape index (κ1) is 17.2. The number of halogens is 1. The predicted molar refractivity (Wildman–Crippen MR) is 82.0 cm³/mol. The number of carbonyl (C=O) groups excluding carboxylic acids is 1. The second-order valence-corrected chi connectivity index (χ2v) is 4.98. The molecule has 6 nitrogen and oxygen atoms in total. The van der Waals surface area contributed by atoms with Gasteiger partial charge in [0.15, 0.2) is 0 Å². The van der Waals surface area contributed by atoms with Crippen molar-refractivity contribution in [2.75, 3.05) is 24.6 Å². The molecule has 0 bridgehead atoms. The molecule has 0 atom stereocenters. The van der Waals surface area contributed by atoms with Gasteiger partial charge in [0.2, 0.25) is 0 Å².